The van der Waals surface area contributed by atoms with Crippen molar-refractivity contribution in [2.45, 2.75) is 58.1 Å². The number of anilines is 1. The lowest BCUT2D eigenvalue weighted by Gasteiger charge is -2.30. The molecule has 0 aromatic heterocycles. The van der Waals surface area contributed by atoms with E-state index in [1.54, 1.807) is 7.11 Å². The van der Waals surface area contributed by atoms with Crippen molar-refractivity contribution in [3.63, 3.8) is 0 Å². The third kappa shape index (κ3) is 6.35. The number of halogens is 1. The summed E-state index contributed by atoms with van der Waals surface area (Å²) < 4.78 is 11.5. The number of hydrogen-bond donors (Lipinski definition) is 0. The van der Waals surface area contributed by atoms with Gasteiger partial charge in [0.15, 0.2) is 6.23 Å². The molecule has 0 aliphatic carbocycles. The Labute approximate surface area is 169 Å². The van der Waals surface area contributed by atoms with Crippen molar-refractivity contribution in [2.75, 3.05) is 18.6 Å². The zero-order valence-electron chi connectivity index (χ0n) is 17.0. The van der Waals surface area contributed by atoms with E-state index in [2.05, 4.69) is 43.9 Å². The van der Waals surface area contributed by atoms with E-state index in [0.717, 1.165) is 35.7 Å². The Morgan fingerprint density at radius 3 is 2.37 bits per heavy atom. The van der Waals surface area contributed by atoms with Crippen LogP contribution < -0.4 is 14.4 Å². The zero-order chi connectivity index (χ0) is 19.6. The summed E-state index contributed by atoms with van der Waals surface area (Å²) in [6.07, 6.45) is 4.55. The molecule has 2 aromatic carbocycles. The molecule has 2 rings (SSSR count). The first kappa shape index (κ1) is 21.4. The molecule has 0 amide bonds. The fraction of sp³-hybridized carbons (Fsp3) is 0.478. The van der Waals surface area contributed by atoms with Crippen LogP contribution in [-0.4, -0.2) is 19.9 Å². The average Bonchev–Trinajstić information content (AvgIpc) is 2.69. The molecule has 0 heterocycles. The van der Waals surface area contributed by atoms with Crippen molar-refractivity contribution in [1.82, 2.24) is 0 Å². The number of methoxy groups -OCH3 is 1. The van der Waals surface area contributed by atoms with Gasteiger partial charge in [0.25, 0.3) is 0 Å². The highest BCUT2D eigenvalue weighted by Crippen LogP contribution is 2.29. The quantitative estimate of drug-likeness (QED) is 0.239. The smallest absolute Gasteiger partial charge is 0.169 e. The zero-order valence-corrected chi connectivity index (χ0v) is 17.7. The van der Waals surface area contributed by atoms with E-state index < -0.39 is 0 Å². The first-order valence-electron chi connectivity index (χ1n) is 9.90. The molecule has 0 aliphatic heterocycles. The van der Waals surface area contributed by atoms with Gasteiger partial charge in [0.2, 0.25) is 0 Å². The normalized spacial score (nSPS) is 13.1. The topological polar surface area (TPSA) is 21.7 Å². The van der Waals surface area contributed by atoms with Crippen LogP contribution in [0.1, 0.15) is 57.4 Å². The fourth-order valence-electron chi connectivity index (χ4n) is 3.19. The monoisotopic (exact) mass is 389 g/mol. The van der Waals surface area contributed by atoms with E-state index in [-0.39, 0.29) is 11.6 Å². The van der Waals surface area contributed by atoms with Crippen molar-refractivity contribution in [3.05, 3.63) is 54.1 Å². The first-order valence-corrected chi connectivity index (χ1v) is 10.3. The van der Waals surface area contributed by atoms with Crippen LogP contribution >= 0.6 is 11.6 Å². The maximum absolute atomic E-state index is 6.52. The molecule has 0 saturated heterocycles. The van der Waals surface area contributed by atoms with Crippen molar-refractivity contribution >= 4 is 17.3 Å². The Hall–Kier alpha value is -1.87. The Bertz CT molecular complexity index is 674. The van der Waals surface area contributed by atoms with Crippen LogP contribution in [0.4, 0.5) is 5.69 Å². The molecular formula is C23H32ClNO2. The molecule has 0 bridgehead atoms. The molecule has 27 heavy (non-hydrogen) atoms. The van der Waals surface area contributed by atoms with E-state index in [1.165, 1.54) is 19.3 Å². The van der Waals surface area contributed by atoms with E-state index >= 15 is 0 Å². The number of ether oxygens (including phenoxy) is 2. The van der Waals surface area contributed by atoms with E-state index in [0.29, 0.717) is 0 Å². The van der Waals surface area contributed by atoms with E-state index in [1.807, 2.05) is 30.3 Å². The van der Waals surface area contributed by atoms with Crippen LogP contribution in [0.3, 0.4) is 0 Å². The fourth-order valence-corrected chi connectivity index (χ4v) is 3.49. The second kappa shape index (κ2) is 11.1. The predicted octanol–water partition coefficient (Wildman–Crippen LogP) is 6.81. The third-order valence-electron chi connectivity index (χ3n) is 4.77. The van der Waals surface area contributed by atoms with Crippen LogP contribution in [0, 0.1) is 0 Å². The molecule has 3 nitrogen and oxygen atoms in total. The van der Waals surface area contributed by atoms with Crippen molar-refractivity contribution in [1.29, 1.82) is 0 Å². The van der Waals surface area contributed by atoms with E-state index in [4.69, 9.17) is 21.1 Å². The van der Waals surface area contributed by atoms with Gasteiger partial charge in [-0.15, -0.1) is 11.6 Å². The molecule has 0 N–H and O–H groups in total. The van der Waals surface area contributed by atoms with Crippen LogP contribution in [0.15, 0.2) is 48.5 Å². The second-order valence-corrected chi connectivity index (χ2v) is 7.26. The highest BCUT2D eigenvalue weighted by molar-refractivity contribution is 6.20. The van der Waals surface area contributed by atoms with Crippen LogP contribution in [-0.2, 0) is 0 Å². The SMILES string of the molecule is CCCCCC(Cl)c1ccc(OC(C)N(CC)c2cccc(OC)c2)cc1. The Morgan fingerprint density at radius 2 is 1.74 bits per heavy atom. The second-order valence-electron chi connectivity index (χ2n) is 6.74. The summed E-state index contributed by atoms with van der Waals surface area (Å²) in [5.41, 5.74) is 2.24. The minimum Gasteiger partial charge on any atom is -0.497 e. The summed E-state index contributed by atoms with van der Waals surface area (Å²) >= 11 is 6.52. The minimum atomic E-state index is -0.0932. The maximum Gasteiger partial charge on any atom is 0.169 e. The highest BCUT2D eigenvalue weighted by Gasteiger charge is 2.15. The molecule has 4 heteroatoms. The van der Waals surface area contributed by atoms with Crippen molar-refractivity contribution in [3.8, 4) is 11.5 Å². The summed E-state index contributed by atoms with van der Waals surface area (Å²) in [6.45, 7) is 7.23. The molecule has 0 radical (unpaired) electrons. The maximum atomic E-state index is 6.52. The lowest BCUT2D eigenvalue weighted by Crippen LogP contribution is -2.37. The van der Waals surface area contributed by atoms with Gasteiger partial charge in [-0.2, -0.15) is 0 Å². The predicted molar refractivity (Wildman–Crippen MR) is 115 cm³/mol. The lowest BCUT2D eigenvalue weighted by molar-refractivity contribution is 0.216. The molecule has 2 atom stereocenters. The average molecular weight is 390 g/mol. The van der Waals surface area contributed by atoms with Gasteiger partial charge in [-0.3, -0.25) is 0 Å². The molecule has 2 aromatic rings. The molecule has 2 unspecified atom stereocenters. The number of nitrogens with zero attached hydrogens (tertiary/aromatic N) is 1. The van der Waals surface area contributed by atoms with Gasteiger partial charge in [0.1, 0.15) is 11.5 Å². The van der Waals surface area contributed by atoms with Crippen LogP contribution in [0.2, 0.25) is 0 Å². The summed E-state index contributed by atoms with van der Waals surface area (Å²) in [4.78, 5) is 2.20. The Balaban J connectivity index is 2.00. The van der Waals surface area contributed by atoms with Gasteiger partial charge in [0.05, 0.1) is 12.5 Å². The number of benzene rings is 2. The number of unbranched alkanes of at least 4 members (excludes halogenated alkanes) is 2. The molecule has 0 aliphatic rings. The van der Waals surface area contributed by atoms with Crippen LogP contribution in [0.25, 0.3) is 0 Å². The number of rotatable bonds is 11. The number of hydrogen-bond acceptors (Lipinski definition) is 3. The summed E-state index contributed by atoms with van der Waals surface area (Å²) in [5.74, 6) is 1.70. The van der Waals surface area contributed by atoms with E-state index in [9.17, 15) is 0 Å². The molecular weight excluding hydrogens is 358 g/mol. The van der Waals surface area contributed by atoms with Gasteiger partial charge in [-0.05, 0) is 50.1 Å². The highest BCUT2D eigenvalue weighted by atomic mass is 35.5. The largest absolute Gasteiger partial charge is 0.497 e. The van der Waals surface area contributed by atoms with Gasteiger partial charge in [-0.1, -0.05) is 44.4 Å². The number of alkyl halides is 1. The van der Waals surface area contributed by atoms with Crippen molar-refractivity contribution in [2.24, 2.45) is 0 Å². The standard InChI is InChI=1S/C23H32ClNO2/c1-5-7-8-12-23(24)19-13-15-21(16-14-19)27-18(3)25(6-2)20-10-9-11-22(17-20)26-4/h9-11,13-18,23H,5-8,12H2,1-4H3. The first-order chi connectivity index (χ1) is 13.1. The van der Waals surface area contributed by atoms with Gasteiger partial charge < -0.3 is 14.4 Å². The molecule has 148 valence electrons. The minimum absolute atomic E-state index is 0.0759. The molecule has 0 saturated carbocycles. The van der Waals surface area contributed by atoms with Crippen molar-refractivity contribution < 1.29 is 9.47 Å². The third-order valence-corrected chi connectivity index (χ3v) is 5.24. The molecule has 0 spiro atoms. The summed E-state index contributed by atoms with van der Waals surface area (Å²) in [7, 11) is 1.68. The van der Waals surface area contributed by atoms with Gasteiger partial charge in [0, 0.05) is 18.3 Å². The van der Waals surface area contributed by atoms with Crippen LogP contribution in [0.5, 0.6) is 11.5 Å². The Morgan fingerprint density at radius 1 is 1.00 bits per heavy atom. The molecule has 0 fully saturated rings. The summed E-state index contributed by atoms with van der Waals surface area (Å²) in [5, 5.41) is 0.0759. The van der Waals surface area contributed by atoms with Gasteiger partial charge >= 0.3 is 0 Å². The van der Waals surface area contributed by atoms with Gasteiger partial charge in [-0.25, -0.2) is 0 Å². The Kier molecular flexibility index (Phi) is 8.80. The summed E-state index contributed by atoms with van der Waals surface area (Å²) in [6, 6.07) is 16.2. The lowest BCUT2D eigenvalue weighted by atomic mass is 10.1.